The minimum atomic E-state index is -0.677. The second-order valence-corrected chi connectivity index (χ2v) is 4.05. The van der Waals surface area contributed by atoms with Gasteiger partial charge in [-0.15, -0.1) is 0 Å². The van der Waals surface area contributed by atoms with E-state index < -0.39 is 11.2 Å². The maximum absolute atomic E-state index is 11.8. The fraction of sp³-hybridized carbons (Fsp3) is 0. The van der Waals surface area contributed by atoms with E-state index in [9.17, 15) is 9.59 Å². The highest BCUT2D eigenvalue weighted by atomic mass is 35.5. The molecule has 0 saturated carbocycles. The number of hydrogen-bond acceptors (Lipinski definition) is 3. The maximum atomic E-state index is 11.8. The van der Waals surface area contributed by atoms with Crippen LogP contribution in [-0.4, -0.2) is 14.6 Å². The van der Waals surface area contributed by atoms with E-state index in [0.29, 0.717) is 26.1 Å². The standard InChI is InChI=1S/C10H7ClN4O2/c11-4-2-1-3-5-6(4)7-8(13-5)9(16)15(12)10(17)14-7/h1-3,13H,12H2,(H,14,17). The first kappa shape index (κ1) is 9.98. The highest BCUT2D eigenvalue weighted by molar-refractivity contribution is 6.37. The van der Waals surface area contributed by atoms with Crippen molar-refractivity contribution in [1.29, 1.82) is 0 Å². The third-order valence-electron chi connectivity index (χ3n) is 2.66. The van der Waals surface area contributed by atoms with Gasteiger partial charge >= 0.3 is 5.69 Å². The van der Waals surface area contributed by atoms with Gasteiger partial charge in [0.25, 0.3) is 5.56 Å². The fourth-order valence-corrected chi connectivity index (χ4v) is 2.14. The summed E-state index contributed by atoms with van der Waals surface area (Å²) in [6.07, 6.45) is 0. The summed E-state index contributed by atoms with van der Waals surface area (Å²) < 4.78 is 0.519. The van der Waals surface area contributed by atoms with Crippen LogP contribution in [0.15, 0.2) is 27.8 Å². The van der Waals surface area contributed by atoms with Crippen molar-refractivity contribution in [2.75, 3.05) is 5.84 Å². The van der Waals surface area contributed by atoms with E-state index >= 15 is 0 Å². The van der Waals surface area contributed by atoms with Gasteiger partial charge in [0, 0.05) is 10.9 Å². The van der Waals surface area contributed by atoms with Crippen molar-refractivity contribution < 1.29 is 0 Å². The molecular formula is C10H7ClN4O2. The summed E-state index contributed by atoms with van der Waals surface area (Å²) in [6, 6.07) is 5.20. The molecule has 7 heteroatoms. The molecule has 0 atom stereocenters. The third-order valence-corrected chi connectivity index (χ3v) is 2.97. The lowest BCUT2D eigenvalue weighted by molar-refractivity contribution is 0.855. The largest absolute Gasteiger partial charge is 0.349 e. The summed E-state index contributed by atoms with van der Waals surface area (Å²) in [7, 11) is 0. The van der Waals surface area contributed by atoms with Crippen LogP contribution >= 0.6 is 11.6 Å². The Morgan fingerprint density at radius 1 is 1.18 bits per heavy atom. The van der Waals surface area contributed by atoms with Crippen molar-refractivity contribution in [3.05, 3.63) is 44.1 Å². The summed E-state index contributed by atoms with van der Waals surface area (Å²) in [6.45, 7) is 0. The molecule has 0 aliphatic heterocycles. The third kappa shape index (κ3) is 1.21. The van der Waals surface area contributed by atoms with Crippen LogP contribution in [0.25, 0.3) is 21.9 Å². The molecule has 86 valence electrons. The number of aromatic nitrogens is 3. The first-order valence-corrected chi connectivity index (χ1v) is 5.17. The minimum Gasteiger partial charge on any atom is -0.349 e. The maximum Gasteiger partial charge on any atom is 0.347 e. The molecule has 0 unspecified atom stereocenters. The lowest BCUT2D eigenvalue weighted by Crippen LogP contribution is -2.40. The van der Waals surface area contributed by atoms with Gasteiger partial charge in [0.2, 0.25) is 0 Å². The predicted molar refractivity (Wildman–Crippen MR) is 65.8 cm³/mol. The van der Waals surface area contributed by atoms with E-state index in [1.807, 2.05) is 0 Å². The number of nitrogen functional groups attached to an aromatic ring is 1. The van der Waals surface area contributed by atoms with Gasteiger partial charge in [-0.3, -0.25) is 4.79 Å². The summed E-state index contributed by atoms with van der Waals surface area (Å²) in [5, 5.41) is 1.07. The molecule has 0 radical (unpaired) electrons. The van der Waals surface area contributed by atoms with Crippen LogP contribution in [0.5, 0.6) is 0 Å². The van der Waals surface area contributed by atoms with E-state index in [2.05, 4.69) is 9.97 Å². The number of nitrogens with zero attached hydrogens (tertiary/aromatic N) is 1. The van der Waals surface area contributed by atoms with Crippen molar-refractivity contribution in [2.24, 2.45) is 0 Å². The van der Waals surface area contributed by atoms with Gasteiger partial charge in [0.05, 0.1) is 10.5 Å². The smallest absolute Gasteiger partial charge is 0.347 e. The van der Waals surface area contributed by atoms with Crippen molar-refractivity contribution in [1.82, 2.24) is 14.6 Å². The highest BCUT2D eigenvalue weighted by Gasteiger charge is 2.13. The Labute approximate surface area is 98.6 Å². The number of halogens is 1. The van der Waals surface area contributed by atoms with Crippen molar-refractivity contribution in [3.63, 3.8) is 0 Å². The zero-order valence-corrected chi connectivity index (χ0v) is 9.21. The molecule has 3 aromatic rings. The molecule has 4 N–H and O–H groups in total. The molecule has 2 aromatic heterocycles. The Morgan fingerprint density at radius 3 is 2.71 bits per heavy atom. The summed E-state index contributed by atoms with van der Waals surface area (Å²) in [4.78, 5) is 28.6. The number of hydrogen-bond donors (Lipinski definition) is 3. The molecular weight excluding hydrogens is 244 g/mol. The number of benzene rings is 1. The number of rotatable bonds is 0. The summed E-state index contributed by atoms with van der Waals surface area (Å²) >= 11 is 6.04. The topological polar surface area (TPSA) is 96.7 Å². The molecule has 0 amide bonds. The zero-order chi connectivity index (χ0) is 12.2. The predicted octanol–water partition coefficient (Wildman–Crippen LogP) is 0.538. The van der Waals surface area contributed by atoms with Crippen LogP contribution in [0.1, 0.15) is 0 Å². The second kappa shape index (κ2) is 3.14. The number of nitrogens with two attached hydrogens (primary N) is 1. The van der Waals surface area contributed by atoms with Crippen molar-refractivity contribution in [2.45, 2.75) is 0 Å². The first-order chi connectivity index (χ1) is 8.09. The molecule has 0 aliphatic carbocycles. The number of nitrogens with one attached hydrogen (secondary N) is 2. The van der Waals surface area contributed by atoms with Gasteiger partial charge in [-0.1, -0.05) is 17.7 Å². The lowest BCUT2D eigenvalue weighted by Gasteiger charge is -1.96. The van der Waals surface area contributed by atoms with Gasteiger partial charge in [0.1, 0.15) is 5.52 Å². The number of aromatic amines is 2. The fourth-order valence-electron chi connectivity index (χ4n) is 1.87. The lowest BCUT2D eigenvalue weighted by atomic mass is 10.2. The van der Waals surface area contributed by atoms with E-state index in [1.165, 1.54) is 0 Å². The highest BCUT2D eigenvalue weighted by Crippen LogP contribution is 2.27. The van der Waals surface area contributed by atoms with E-state index in [4.69, 9.17) is 17.4 Å². The molecule has 3 rings (SSSR count). The molecule has 2 heterocycles. The average Bonchev–Trinajstić information content (AvgIpc) is 2.66. The Balaban J connectivity index is 2.73. The molecule has 17 heavy (non-hydrogen) atoms. The number of H-pyrrole nitrogens is 2. The van der Waals surface area contributed by atoms with Crippen LogP contribution in [0.4, 0.5) is 0 Å². The van der Waals surface area contributed by atoms with Gasteiger partial charge in [-0.25, -0.2) is 4.79 Å². The van der Waals surface area contributed by atoms with Crippen molar-refractivity contribution in [3.8, 4) is 0 Å². The molecule has 0 fully saturated rings. The van der Waals surface area contributed by atoms with Crippen LogP contribution < -0.4 is 17.1 Å². The monoisotopic (exact) mass is 250 g/mol. The average molecular weight is 251 g/mol. The summed E-state index contributed by atoms with van der Waals surface area (Å²) in [5.41, 5.74) is 0.0169. The van der Waals surface area contributed by atoms with Crippen molar-refractivity contribution >= 4 is 33.5 Å². The number of fused-ring (bicyclic) bond motifs is 3. The molecule has 1 aromatic carbocycles. The Morgan fingerprint density at radius 2 is 1.94 bits per heavy atom. The molecule has 0 bridgehead atoms. The Kier molecular flexibility index (Phi) is 1.84. The molecule has 6 nitrogen and oxygen atoms in total. The van der Waals surface area contributed by atoms with Crippen LogP contribution in [0.3, 0.4) is 0 Å². The Hall–Kier alpha value is -2.21. The SMILES string of the molecule is Nn1c(=O)[nH]c2c([nH]c3cccc(Cl)c32)c1=O. The molecule has 0 spiro atoms. The van der Waals surface area contributed by atoms with E-state index in [1.54, 1.807) is 18.2 Å². The van der Waals surface area contributed by atoms with Gasteiger partial charge in [-0.2, -0.15) is 4.68 Å². The van der Waals surface area contributed by atoms with Gasteiger partial charge < -0.3 is 15.8 Å². The van der Waals surface area contributed by atoms with Crippen LogP contribution in [-0.2, 0) is 0 Å². The Bertz CT molecular complexity index is 858. The zero-order valence-electron chi connectivity index (χ0n) is 8.45. The second-order valence-electron chi connectivity index (χ2n) is 3.64. The summed E-state index contributed by atoms with van der Waals surface area (Å²) in [5.74, 6) is 5.32. The van der Waals surface area contributed by atoms with E-state index in [0.717, 1.165) is 0 Å². The van der Waals surface area contributed by atoms with Crippen LogP contribution in [0, 0.1) is 0 Å². The minimum absolute atomic E-state index is 0.232. The first-order valence-electron chi connectivity index (χ1n) is 4.80. The normalized spacial score (nSPS) is 11.4. The molecule has 0 aliphatic rings. The van der Waals surface area contributed by atoms with Gasteiger partial charge in [0.15, 0.2) is 0 Å². The molecule has 0 saturated heterocycles. The van der Waals surface area contributed by atoms with Gasteiger partial charge in [-0.05, 0) is 12.1 Å². The van der Waals surface area contributed by atoms with E-state index in [-0.39, 0.29) is 5.52 Å². The quantitative estimate of drug-likeness (QED) is 0.508. The van der Waals surface area contributed by atoms with Crippen LogP contribution in [0.2, 0.25) is 5.02 Å².